The molecule has 0 atom stereocenters. The van der Waals surface area contributed by atoms with Gasteiger partial charge in [-0.3, -0.25) is 4.90 Å². The van der Waals surface area contributed by atoms with Crippen LogP contribution in [0.3, 0.4) is 0 Å². The second-order valence-corrected chi connectivity index (χ2v) is 5.70. The molecule has 3 aromatic rings. The number of hydrogen-bond acceptors (Lipinski definition) is 2. The molecular weight excluding hydrogens is 344 g/mol. The molecule has 4 heteroatoms. The maximum atomic E-state index is 4.40. The van der Waals surface area contributed by atoms with E-state index in [2.05, 4.69) is 70.6 Å². The molecule has 1 aliphatic rings. The Morgan fingerprint density at radius 1 is 0.952 bits per heavy atom. The smallest absolute Gasteiger partial charge is 0.285 e. The van der Waals surface area contributed by atoms with Gasteiger partial charge in [-0.25, -0.2) is 4.57 Å². The van der Waals surface area contributed by atoms with Crippen LogP contribution >= 0.6 is 12.6 Å². The molecule has 0 saturated carbocycles. The number of nitrogens with zero attached hydrogens (tertiary/aromatic N) is 2. The lowest BCUT2D eigenvalue weighted by molar-refractivity contribution is -0.643. The first kappa shape index (κ1) is 14.7. The zero-order valence-corrected chi connectivity index (χ0v) is 14.1. The van der Waals surface area contributed by atoms with E-state index in [0.29, 0.717) is 0 Å². The third-order valence-corrected chi connectivity index (χ3v) is 4.37. The van der Waals surface area contributed by atoms with Gasteiger partial charge in [0.1, 0.15) is 18.6 Å². The van der Waals surface area contributed by atoms with E-state index >= 15 is 0 Å². The van der Waals surface area contributed by atoms with Gasteiger partial charge in [0.05, 0.1) is 11.9 Å². The van der Waals surface area contributed by atoms with Crippen molar-refractivity contribution in [3.05, 3.63) is 48.5 Å². The molecule has 0 amide bonds. The van der Waals surface area contributed by atoms with Crippen LogP contribution in [0, 0.1) is 0 Å². The lowest BCUT2D eigenvalue weighted by Gasteiger charge is -2.12. The van der Waals surface area contributed by atoms with Gasteiger partial charge in [-0.1, -0.05) is 36.4 Å². The first-order chi connectivity index (χ1) is 9.90. The van der Waals surface area contributed by atoms with E-state index in [1.807, 2.05) is 0 Å². The van der Waals surface area contributed by atoms with Crippen LogP contribution in [0.2, 0.25) is 0 Å². The SMILES string of the molecule is SCCN1CC[n+]2c1c1ccccc1c1ccccc12.[Br-]. The van der Waals surface area contributed by atoms with Crippen LogP contribution in [0.1, 0.15) is 0 Å². The Bertz CT molecular complexity index is 803. The first-order valence-electron chi connectivity index (χ1n) is 7.09. The number of thiol groups is 1. The van der Waals surface area contributed by atoms with Crippen LogP contribution < -0.4 is 26.4 Å². The maximum Gasteiger partial charge on any atom is 0.285 e. The topological polar surface area (TPSA) is 7.12 Å². The summed E-state index contributed by atoms with van der Waals surface area (Å²) in [5.74, 6) is 2.24. The second-order valence-electron chi connectivity index (χ2n) is 5.25. The van der Waals surface area contributed by atoms with E-state index in [1.165, 1.54) is 27.5 Å². The highest BCUT2D eigenvalue weighted by molar-refractivity contribution is 7.80. The largest absolute Gasteiger partial charge is 1.00 e. The van der Waals surface area contributed by atoms with E-state index in [4.69, 9.17) is 0 Å². The summed E-state index contributed by atoms with van der Waals surface area (Å²) >= 11 is 4.40. The summed E-state index contributed by atoms with van der Waals surface area (Å²) in [6.45, 7) is 3.15. The minimum absolute atomic E-state index is 0. The van der Waals surface area contributed by atoms with Crippen molar-refractivity contribution in [2.75, 3.05) is 23.7 Å². The number of fused-ring (bicyclic) bond motifs is 6. The molecule has 0 radical (unpaired) electrons. The highest BCUT2D eigenvalue weighted by Gasteiger charge is 2.31. The number of anilines is 1. The Labute approximate surface area is 140 Å². The number of para-hydroxylation sites is 1. The Balaban J connectivity index is 0.00000132. The summed E-state index contributed by atoms with van der Waals surface area (Å²) in [6, 6.07) is 17.5. The van der Waals surface area contributed by atoms with Crippen LogP contribution in [0.25, 0.3) is 21.7 Å². The summed E-state index contributed by atoms with van der Waals surface area (Å²) in [7, 11) is 0. The van der Waals surface area contributed by atoms with Crippen LogP contribution in [0.15, 0.2) is 48.5 Å². The van der Waals surface area contributed by atoms with E-state index in [-0.39, 0.29) is 17.0 Å². The minimum Gasteiger partial charge on any atom is -1.00 e. The van der Waals surface area contributed by atoms with E-state index in [9.17, 15) is 0 Å². The molecule has 0 unspecified atom stereocenters. The molecule has 0 aliphatic carbocycles. The average Bonchev–Trinajstić information content (AvgIpc) is 2.92. The molecule has 1 aliphatic heterocycles. The summed E-state index contributed by atoms with van der Waals surface area (Å²) in [6.07, 6.45) is 0. The molecule has 4 rings (SSSR count). The van der Waals surface area contributed by atoms with Crippen molar-refractivity contribution in [1.82, 2.24) is 0 Å². The molecule has 0 fully saturated rings. The third-order valence-electron chi connectivity index (χ3n) is 4.17. The Kier molecular flexibility index (Phi) is 4.09. The van der Waals surface area contributed by atoms with Gasteiger partial charge in [0.15, 0.2) is 0 Å². The van der Waals surface area contributed by atoms with Gasteiger partial charge in [-0.2, -0.15) is 12.6 Å². The predicted octanol–water partition coefficient (Wildman–Crippen LogP) is 0.0343. The van der Waals surface area contributed by atoms with Crippen LogP contribution in [-0.2, 0) is 6.54 Å². The lowest BCUT2D eigenvalue weighted by atomic mass is 10.1. The fraction of sp³-hybridized carbons (Fsp3) is 0.235. The zero-order chi connectivity index (χ0) is 13.5. The van der Waals surface area contributed by atoms with E-state index in [0.717, 1.165) is 25.4 Å². The third kappa shape index (κ3) is 2.21. The second kappa shape index (κ2) is 5.85. The maximum absolute atomic E-state index is 4.40. The summed E-state index contributed by atoms with van der Waals surface area (Å²) in [4.78, 5) is 2.46. The first-order valence-corrected chi connectivity index (χ1v) is 7.72. The van der Waals surface area contributed by atoms with Crippen molar-refractivity contribution >= 4 is 40.1 Å². The number of benzene rings is 2. The van der Waals surface area contributed by atoms with E-state index < -0.39 is 0 Å². The minimum atomic E-state index is 0. The number of halogens is 1. The summed E-state index contributed by atoms with van der Waals surface area (Å²) in [5, 5.41) is 4.05. The molecule has 0 spiro atoms. The fourth-order valence-electron chi connectivity index (χ4n) is 3.34. The number of pyridine rings is 1. The molecule has 0 saturated heterocycles. The van der Waals surface area contributed by atoms with Gasteiger partial charge in [-0.15, -0.1) is 0 Å². The van der Waals surface area contributed by atoms with Gasteiger partial charge in [0.25, 0.3) is 5.82 Å². The van der Waals surface area contributed by atoms with Crippen molar-refractivity contribution in [3.63, 3.8) is 0 Å². The molecule has 21 heavy (non-hydrogen) atoms. The van der Waals surface area contributed by atoms with Gasteiger partial charge < -0.3 is 17.0 Å². The molecule has 2 heterocycles. The van der Waals surface area contributed by atoms with Gasteiger partial charge in [0.2, 0.25) is 0 Å². The Morgan fingerprint density at radius 2 is 1.62 bits per heavy atom. The zero-order valence-electron chi connectivity index (χ0n) is 11.7. The highest BCUT2D eigenvalue weighted by atomic mass is 79.9. The summed E-state index contributed by atoms with van der Waals surface area (Å²) < 4.78 is 2.46. The molecule has 1 aromatic heterocycles. The predicted molar refractivity (Wildman–Crippen MR) is 87.7 cm³/mol. The van der Waals surface area contributed by atoms with Crippen molar-refractivity contribution in [2.45, 2.75) is 6.54 Å². The Hall–Kier alpha value is -1.26. The van der Waals surface area contributed by atoms with Crippen molar-refractivity contribution in [3.8, 4) is 0 Å². The number of aromatic nitrogens is 1. The normalized spacial score (nSPS) is 13.5. The fourth-order valence-corrected chi connectivity index (χ4v) is 3.58. The average molecular weight is 361 g/mol. The summed E-state index contributed by atoms with van der Waals surface area (Å²) in [5.41, 5.74) is 1.34. The molecular formula is C17H17BrN2S. The van der Waals surface area contributed by atoms with Crippen molar-refractivity contribution < 1.29 is 21.5 Å². The van der Waals surface area contributed by atoms with Crippen molar-refractivity contribution in [2.24, 2.45) is 0 Å². The standard InChI is InChI=1S/C17H16N2S.BrH/c20-12-11-18-9-10-19-16-8-4-3-6-14(16)13-5-1-2-7-15(13)17(18)19;/h1-8H,9-12H2;1H. The van der Waals surface area contributed by atoms with Gasteiger partial charge >= 0.3 is 0 Å². The molecule has 108 valence electrons. The van der Waals surface area contributed by atoms with Gasteiger partial charge in [0, 0.05) is 16.5 Å². The van der Waals surface area contributed by atoms with E-state index in [1.54, 1.807) is 0 Å². The van der Waals surface area contributed by atoms with Crippen molar-refractivity contribution in [1.29, 1.82) is 0 Å². The van der Waals surface area contributed by atoms with Crippen LogP contribution in [0.4, 0.5) is 5.82 Å². The molecule has 0 bridgehead atoms. The molecule has 2 aromatic carbocycles. The van der Waals surface area contributed by atoms with Gasteiger partial charge in [-0.05, 0) is 12.1 Å². The van der Waals surface area contributed by atoms with Crippen LogP contribution in [-0.4, -0.2) is 18.8 Å². The molecule has 0 N–H and O–H groups in total. The Morgan fingerprint density at radius 3 is 2.38 bits per heavy atom. The highest BCUT2D eigenvalue weighted by Crippen LogP contribution is 2.31. The number of hydrogen-bond donors (Lipinski definition) is 1. The quantitative estimate of drug-likeness (QED) is 0.385. The number of rotatable bonds is 2. The molecule has 2 nitrogen and oxygen atoms in total. The lowest BCUT2D eigenvalue weighted by Crippen LogP contribution is -3.00. The van der Waals surface area contributed by atoms with Crippen LogP contribution in [0.5, 0.6) is 0 Å². The monoisotopic (exact) mass is 360 g/mol.